The number of piperidine rings is 1. The summed E-state index contributed by atoms with van der Waals surface area (Å²) in [6.45, 7) is 4.65. The number of hydrogen-bond donors (Lipinski definition) is 2. The van der Waals surface area contributed by atoms with Gasteiger partial charge in [-0.25, -0.2) is 4.39 Å². The van der Waals surface area contributed by atoms with E-state index in [-0.39, 0.29) is 29.7 Å². The van der Waals surface area contributed by atoms with E-state index in [1.165, 1.54) is 6.07 Å². The molecule has 9 nitrogen and oxygen atoms in total. The number of aryl methyl sites for hydroxylation is 2. The number of fused-ring (bicyclic) bond motifs is 1. The molecule has 0 spiro atoms. The Kier molecular flexibility index (Phi) is 4.84. The summed E-state index contributed by atoms with van der Waals surface area (Å²) in [5, 5.41) is 9.39. The van der Waals surface area contributed by atoms with Crippen LogP contribution in [0.4, 0.5) is 10.1 Å². The Morgan fingerprint density at radius 1 is 1.13 bits per heavy atom. The molecular weight excluding hydrogens is 393 g/mol. The van der Waals surface area contributed by atoms with Crippen molar-refractivity contribution in [2.45, 2.75) is 39.3 Å². The van der Waals surface area contributed by atoms with Crippen LogP contribution in [0.25, 0.3) is 0 Å². The molecule has 4 rings (SSSR count). The van der Waals surface area contributed by atoms with Crippen LogP contribution in [0.5, 0.6) is 0 Å². The Hall–Kier alpha value is -3.56. The van der Waals surface area contributed by atoms with Crippen LogP contribution in [-0.4, -0.2) is 50.9 Å². The van der Waals surface area contributed by atoms with E-state index in [0.717, 1.165) is 22.4 Å². The number of nitrogens with one attached hydrogen (secondary N) is 2. The Labute approximate surface area is 171 Å². The molecule has 156 valence electrons. The number of carbonyl (C=O) groups excluding carboxylic acids is 4. The molecular formula is C20H20FN5O4. The summed E-state index contributed by atoms with van der Waals surface area (Å²) in [6, 6.07) is 3.15. The molecule has 1 atom stereocenters. The minimum atomic E-state index is -1.08. The van der Waals surface area contributed by atoms with Gasteiger partial charge >= 0.3 is 0 Å². The Morgan fingerprint density at radius 3 is 2.47 bits per heavy atom. The number of nitrogens with zero attached hydrogens (tertiary/aromatic N) is 3. The zero-order chi connectivity index (χ0) is 21.6. The molecule has 2 aliphatic heterocycles. The van der Waals surface area contributed by atoms with Crippen LogP contribution in [-0.2, 0) is 16.1 Å². The number of halogens is 1. The van der Waals surface area contributed by atoms with Gasteiger partial charge in [0.1, 0.15) is 11.9 Å². The Morgan fingerprint density at radius 2 is 1.83 bits per heavy atom. The van der Waals surface area contributed by atoms with Crippen molar-refractivity contribution in [3.8, 4) is 0 Å². The SMILES string of the molecule is Cc1cc(C)n(CCNc2cc3c(cc2F)C(=O)N(C2CCC(=O)NC2=O)C3=O)n1. The van der Waals surface area contributed by atoms with Crippen LogP contribution in [0, 0.1) is 19.7 Å². The number of benzene rings is 1. The highest BCUT2D eigenvalue weighted by Gasteiger charge is 2.45. The van der Waals surface area contributed by atoms with Crippen molar-refractivity contribution in [2.24, 2.45) is 0 Å². The van der Waals surface area contributed by atoms with Crippen LogP contribution in [0.1, 0.15) is 44.9 Å². The monoisotopic (exact) mass is 413 g/mol. The highest BCUT2D eigenvalue weighted by molar-refractivity contribution is 6.23. The van der Waals surface area contributed by atoms with Gasteiger partial charge in [0.25, 0.3) is 11.8 Å². The second kappa shape index (κ2) is 7.36. The van der Waals surface area contributed by atoms with Crippen molar-refractivity contribution < 1.29 is 23.6 Å². The topological polar surface area (TPSA) is 113 Å². The van der Waals surface area contributed by atoms with Gasteiger partial charge in [-0.3, -0.25) is 34.1 Å². The van der Waals surface area contributed by atoms with Crippen molar-refractivity contribution in [3.63, 3.8) is 0 Å². The lowest BCUT2D eigenvalue weighted by Gasteiger charge is -2.27. The lowest BCUT2D eigenvalue weighted by atomic mass is 10.0. The minimum absolute atomic E-state index is 0.0251. The first-order valence-corrected chi connectivity index (χ1v) is 9.56. The summed E-state index contributed by atoms with van der Waals surface area (Å²) in [5.41, 5.74) is 1.88. The fourth-order valence-electron chi connectivity index (χ4n) is 3.82. The zero-order valence-electron chi connectivity index (χ0n) is 16.5. The van der Waals surface area contributed by atoms with Crippen LogP contribution in [0.3, 0.4) is 0 Å². The number of hydrogen-bond acceptors (Lipinski definition) is 6. The molecule has 30 heavy (non-hydrogen) atoms. The van der Waals surface area contributed by atoms with Gasteiger partial charge in [0, 0.05) is 18.7 Å². The molecule has 1 fully saturated rings. The average Bonchev–Trinajstić information content (AvgIpc) is 3.12. The van der Waals surface area contributed by atoms with E-state index in [1.807, 2.05) is 19.9 Å². The van der Waals surface area contributed by atoms with E-state index < -0.39 is 35.5 Å². The standard InChI is InChI=1S/C20H20FN5O4/c1-10-7-11(2)25(24-10)6-5-22-15-9-13-12(8-14(15)21)19(29)26(20(13)30)16-3-4-17(27)23-18(16)28/h7-9,16,22H,3-6H2,1-2H3,(H,23,27,28). The van der Waals surface area contributed by atoms with Gasteiger partial charge in [0.15, 0.2) is 0 Å². The fourth-order valence-corrected chi connectivity index (χ4v) is 3.82. The molecule has 3 heterocycles. The molecule has 2 aliphatic rings. The van der Waals surface area contributed by atoms with Crippen LogP contribution in [0.2, 0.25) is 0 Å². The molecule has 1 unspecified atom stereocenters. The number of carbonyl (C=O) groups is 4. The van der Waals surface area contributed by atoms with Gasteiger partial charge in [-0.15, -0.1) is 0 Å². The van der Waals surface area contributed by atoms with Crippen LogP contribution < -0.4 is 10.6 Å². The number of rotatable bonds is 5. The normalized spacial score (nSPS) is 18.6. The first-order chi connectivity index (χ1) is 14.3. The maximum absolute atomic E-state index is 14.6. The molecule has 0 saturated carbocycles. The van der Waals surface area contributed by atoms with E-state index in [1.54, 1.807) is 4.68 Å². The largest absolute Gasteiger partial charge is 0.381 e. The molecule has 0 radical (unpaired) electrons. The third-order valence-electron chi connectivity index (χ3n) is 5.27. The number of anilines is 1. The van der Waals surface area contributed by atoms with E-state index in [2.05, 4.69) is 15.7 Å². The second-order valence-electron chi connectivity index (χ2n) is 7.40. The number of imide groups is 2. The van der Waals surface area contributed by atoms with E-state index >= 15 is 0 Å². The summed E-state index contributed by atoms with van der Waals surface area (Å²) in [6.07, 6.45) is 0.0731. The summed E-state index contributed by atoms with van der Waals surface area (Å²) in [4.78, 5) is 49.7. The van der Waals surface area contributed by atoms with Gasteiger partial charge in [-0.1, -0.05) is 0 Å². The third-order valence-corrected chi connectivity index (χ3v) is 5.27. The molecule has 0 bridgehead atoms. The van der Waals surface area contributed by atoms with Crippen molar-refractivity contribution in [1.29, 1.82) is 0 Å². The predicted octanol–water partition coefficient (Wildman–Crippen LogP) is 1.15. The average molecular weight is 413 g/mol. The number of aromatic nitrogens is 2. The summed E-state index contributed by atoms with van der Waals surface area (Å²) < 4.78 is 16.3. The third kappa shape index (κ3) is 3.34. The maximum atomic E-state index is 14.6. The van der Waals surface area contributed by atoms with E-state index in [0.29, 0.717) is 13.1 Å². The molecule has 2 aromatic rings. The molecule has 10 heteroatoms. The minimum Gasteiger partial charge on any atom is -0.381 e. The predicted molar refractivity (Wildman–Crippen MR) is 103 cm³/mol. The van der Waals surface area contributed by atoms with Gasteiger partial charge in [-0.05, 0) is 38.5 Å². The second-order valence-corrected chi connectivity index (χ2v) is 7.40. The smallest absolute Gasteiger partial charge is 0.262 e. The van der Waals surface area contributed by atoms with Crippen molar-refractivity contribution in [2.75, 3.05) is 11.9 Å². The first-order valence-electron chi connectivity index (χ1n) is 9.56. The van der Waals surface area contributed by atoms with Crippen molar-refractivity contribution in [1.82, 2.24) is 20.0 Å². The Balaban J connectivity index is 1.52. The fraction of sp³-hybridized carbons (Fsp3) is 0.350. The zero-order valence-corrected chi connectivity index (χ0v) is 16.5. The van der Waals surface area contributed by atoms with Crippen molar-refractivity contribution >= 4 is 29.3 Å². The summed E-state index contributed by atoms with van der Waals surface area (Å²) in [7, 11) is 0. The highest BCUT2D eigenvalue weighted by Crippen LogP contribution is 2.31. The van der Waals surface area contributed by atoms with E-state index in [4.69, 9.17) is 0 Å². The molecule has 1 aromatic carbocycles. The van der Waals surface area contributed by atoms with Gasteiger partial charge in [0.2, 0.25) is 11.8 Å². The molecule has 1 aromatic heterocycles. The first kappa shape index (κ1) is 19.7. The molecule has 4 amide bonds. The number of amides is 4. The Bertz CT molecular complexity index is 1090. The summed E-state index contributed by atoms with van der Waals surface area (Å²) >= 11 is 0. The molecule has 2 N–H and O–H groups in total. The lowest BCUT2D eigenvalue weighted by molar-refractivity contribution is -0.136. The van der Waals surface area contributed by atoms with E-state index in [9.17, 15) is 23.6 Å². The quantitative estimate of drug-likeness (QED) is 0.711. The highest BCUT2D eigenvalue weighted by atomic mass is 19.1. The van der Waals surface area contributed by atoms with Crippen molar-refractivity contribution in [3.05, 3.63) is 46.5 Å². The maximum Gasteiger partial charge on any atom is 0.262 e. The van der Waals surface area contributed by atoms with Gasteiger partial charge in [-0.2, -0.15) is 5.10 Å². The van der Waals surface area contributed by atoms with Crippen LogP contribution >= 0.6 is 0 Å². The van der Waals surface area contributed by atoms with Crippen LogP contribution in [0.15, 0.2) is 18.2 Å². The molecule has 0 aliphatic carbocycles. The van der Waals surface area contributed by atoms with Gasteiger partial charge in [0.05, 0.1) is 29.1 Å². The lowest BCUT2D eigenvalue weighted by Crippen LogP contribution is -2.54. The van der Waals surface area contributed by atoms with Gasteiger partial charge < -0.3 is 5.32 Å². The molecule has 1 saturated heterocycles. The summed E-state index contributed by atoms with van der Waals surface area (Å²) in [5.74, 6) is -3.24.